The topological polar surface area (TPSA) is 62.2 Å². The predicted octanol–water partition coefficient (Wildman–Crippen LogP) is 2.12. The Labute approximate surface area is 93.4 Å². The number of aromatic nitrogens is 1. The van der Waals surface area contributed by atoms with Gasteiger partial charge in [-0.3, -0.25) is 0 Å². The highest BCUT2D eigenvalue weighted by atomic mass is 32.1. The van der Waals surface area contributed by atoms with Crippen LogP contribution in [-0.4, -0.2) is 22.1 Å². The molecule has 1 atom stereocenters. The van der Waals surface area contributed by atoms with Crippen molar-refractivity contribution in [3.05, 3.63) is 16.1 Å². The molecule has 15 heavy (non-hydrogen) atoms. The molecule has 0 aromatic carbocycles. The van der Waals surface area contributed by atoms with E-state index in [2.05, 4.69) is 24.1 Å². The van der Waals surface area contributed by atoms with Crippen LogP contribution in [0.15, 0.2) is 5.38 Å². The second kappa shape index (κ2) is 5.82. The third kappa shape index (κ3) is 3.97. The summed E-state index contributed by atoms with van der Waals surface area (Å²) in [5.41, 5.74) is 0.139. The van der Waals surface area contributed by atoms with Crippen molar-refractivity contribution < 1.29 is 9.90 Å². The van der Waals surface area contributed by atoms with Gasteiger partial charge in [-0.2, -0.15) is 0 Å². The van der Waals surface area contributed by atoms with Crippen molar-refractivity contribution in [1.29, 1.82) is 0 Å². The lowest BCUT2D eigenvalue weighted by Crippen LogP contribution is -2.25. The van der Waals surface area contributed by atoms with Gasteiger partial charge in [0.15, 0.2) is 5.69 Å². The second-order valence-corrected chi connectivity index (χ2v) is 4.44. The highest BCUT2D eigenvalue weighted by Gasteiger charge is 2.08. The van der Waals surface area contributed by atoms with Gasteiger partial charge in [0.1, 0.15) is 5.01 Å². The fourth-order valence-electron chi connectivity index (χ4n) is 1.29. The van der Waals surface area contributed by atoms with Gasteiger partial charge in [0.05, 0.1) is 0 Å². The van der Waals surface area contributed by atoms with Gasteiger partial charge >= 0.3 is 5.97 Å². The first-order valence-electron chi connectivity index (χ1n) is 5.04. The summed E-state index contributed by atoms with van der Waals surface area (Å²) in [6.07, 6.45) is 2.27. The summed E-state index contributed by atoms with van der Waals surface area (Å²) in [5.74, 6) is -0.959. The highest BCUT2D eigenvalue weighted by molar-refractivity contribution is 7.09. The minimum Gasteiger partial charge on any atom is -0.476 e. The maximum atomic E-state index is 10.6. The molecule has 0 saturated heterocycles. The van der Waals surface area contributed by atoms with Gasteiger partial charge in [-0.05, 0) is 13.3 Å². The first-order chi connectivity index (χ1) is 7.13. The molecule has 1 unspecified atom stereocenters. The lowest BCUT2D eigenvalue weighted by Gasteiger charge is -2.10. The normalized spacial score (nSPS) is 12.7. The van der Waals surface area contributed by atoms with E-state index in [4.69, 9.17) is 5.11 Å². The van der Waals surface area contributed by atoms with E-state index < -0.39 is 5.97 Å². The zero-order valence-corrected chi connectivity index (χ0v) is 9.80. The van der Waals surface area contributed by atoms with E-state index in [1.54, 1.807) is 5.38 Å². The number of rotatable bonds is 6. The molecule has 4 nitrogen and oxygen atoms in total. The largest absolute Gasteiger partial charge is 0.476 e. The molecule has 5 heteroatoms. The highest BCUT2D eigenvalue weighted by Crippen LogP contribution is 2.10. The summed E-state index contributed by atoms with van der Waals surface area (Å²) in [5, 5.41) is 14.4. The minimum atomic E-state index is -0.959. The molecule has 0 amide bonds. The Balaban J connectivity index is 2.40. The van der Waals surface area contributed by atoms with E-state index in [9.17, 15) is 4.79 Å². The van der Waals surface area contributed by atoms with Crippen molar-refractivity contribution >= 4 is 17.3 Å². The lowest BCUT2D eigenvalue weighted by molar-refractivity contribution is 0.0691. The standard InChI is InChI=1S/C10H16N2O2S/c1-3-4-7(2)11-5-9-12-8(6-15-9)10(13)14/h6-7,11H,3-5H2,1-2H3,(H,13,14). The molecule has 0 bridgehead atoms. The van der Waals surface area contributed by atoms with Crippen molar-refractivity contribution in [3.63, 3.8) is 0 Å². The number of aromatic carboxylic acids is 1. The molecular weight excluding hydrogens is 212 g/mol. The van der Waals surface area contributed by atoms with Crippen molar-refractivity contribution in [2.75, 3.05) is 0 Å². The third-order valence-electron chi connectivity index (χ3n) is 2.09. The Morgan fingerprint density at radius 3 is 3.00 bits per heavy atom. The quantitative estimate of drug-likeness (QED) is 0.783. The van der Waals surface area contributed by atoms with Crippen LogP contribution in [0.4, 0.5) is 0 Å². The number of thiazole rings is 1. The molecule has 1 aromatic heterocycles. The lowest BCUT2D eigenvalue weighted by atomic mass is 10.2. The number of nitrogens with one attached hydrogen (secondary N) is 1. The molecule has 0 aliphatic carbocycles. The number of carbonyl (C=O) groups is 1. The molecule has 2 N–H and O–H groups in total. The van der Waals surface area contributed by atoms with Crippen LogP contribution in [0.2, 0.25) is 0 Å². The van der Waals surface area contributed by atoms with Gasteiger partial charge in [-0.1, -0.05) is 13.3 Å². The average molecular weight is 228 g/mol. The molecule has 1 aromatic rings. The van der Waals surface area contributed by atoms with Crippen LogP contribution >= 0.6 is 11.3 Å². The van der Waals surface area contributed by atoms with Crippen LogP contribution in [-0.2, 0) is 6.54 Å². The maximum absolute atomic E-state index is 10.6. The van der Waals surface area contributed by atoms with Crippen LogP contribution in [0, 0.1) is 0 Å². The molecule has 0 fully saturated rings. The van der Waals surface area contributed by atoms with E-state index in [1.807, 2.05) is 0 Å². The van der Waals surface area contributed by atoms with E-state index in [1.165, 1.54) is 11.3 Å². The zero-order chi connectivity index (χ0) is 11.3. The monoisotopic (exact) mass is 228 g/mol. The molecule has 1 rings (SSSR count). The molecule has 0 spiro atoms. The Morgan fingerprint density at radius 1 is 1.73 bits per heavy atom. The summed E-state index contributed by atoms with van der Waals surface area (Å²) in [4.78, 5) is 14.6. The summed E-state index contributed by atoms with van der Waals surface area (Å²) in [6.45, 7) is 4.92. The van der Waals surface area contributed by atoms with Crippen molar-refractivity contribution in [1.82, 2.24) is 10.3 Å². The van der Waals surface area contributed by atoms with Gasteiger partial charge in [0, 0.05) is 18.0 Å². The zero-order valence-electron chi connectivity index (χ0n) is 8.99. The summed E-state index contributed by atoms with van der Waals surface area (Å²) in [6, 6.07) is 0.451. The van der Waals surface area contributed by atoms with Gasteiger partial charge in [-0.25, -0.2) is 9.78 Å². The number of hydrogen-bond acceptors (Lipinski definition) is 4. The molecular formula is C10H16N2O2S. The Hall–Kier alpha value is -0.940. The first kappa shape index (κ1) is 12.1. The van der Waals surface area contributed by atoms with E-state index >= 15 is 0 Å². The summed E-state index contributed by atoms with van der Waals surface area (Å²) in [7, 11) is 0. The number of carboxylic acid groups (broad SMARTS) is 1. The minimum absolute atomic E-state index is 0.139. The Kier molecular flexibility index (Phi) is 4.71. The molecule has 1 heterocycles. The van der Waals surface area contributed by atoms with E-state index in [-0.39, 0.29) is 5.69 Å². The van der Waals surface area contributed by atoms with E-state index in [0.29, 0.717) is 12.6 Å². The Bertz CT molecular complexity index is 325. The van der Waals surface area contributed by atoms with Crippen LogP contribution in [0.3, 0.4) is 0 Å². The number of nitrogens with zero attached hydrogens (tertiary/aromatic N) is 1. The van der Waals surface area contributed by atoms with Gasteiger partial charge in [0.2, 0.25) is 0 Å². The second-order valence-electron chi connectivity index (χ2n) is 3.50. The van der Waals surface area contributed by atoms with Crippen LogP contribution < -0.4 is 5.32 Å². The smallest absolute Gasteiger partial charge is 0.355 e. The molecule has 0 aliphatic heterocycles. The summed E-state index contributed by atoms with van der Waals surface area (Å²) < 4.78 is 0. The van der Waals surface area contributed by atoms with Crippen LogP contribution in [0.5, 0.6) is 0 Å². The number of hydrogen-bond donors (Lipinski definition) is 2. The van der Waals surface area contributed by atoms with Gasteiger partial charge in [-0.15, -0.1) is 11.3 Å². The summed E-state index contributed by atoms with van der Waals surface area (Å²) >= 11 is 1.38. The van der Waals surface area contributed by atoms with Crippen molar-refractivity contribution in [2.45, 2.75) is 39.3 Å². The molecule has 0 saturated carbocycles. The predicted molar refractivity (Wildman–Crippen MR) is 60.3 cm³/mol. The van der Waals surface area contributed by atoms with Gasteiger partial charge < -0.3 is 10.4 Å². The molecule has 0 radical (unpaired) electrons. The molecule has 84 valence electrons. The fraction of sp³-hybridized carbons (Fsp3) is 0.600. The fourth-order valence-corrected chi connectivity index (χ4v) is 2.01. The maximum Gasteiger partial charge on any atom is 0.355 e. The van der Waals surface area contributed by atoms with Crippen LogP contribution in [0.25, 0.3) is 0 Å². The van der Waals surface area contributed by atoms with Crippen LogP contribution in [0.1, 0.15) is 42.2 Å². The van der Waals surface area contributed by atoms with Gasteiger partial charge in [0.25, 0.3) is 0 Å². The van der Waals surface area contributed by atoms with Crippen molar-refractivity contribution in [3.8, 4) is 0 Å². The Morgan fingerprint density at radius 2 is 2.47 bits per heavy atom. The first-order valence-corrected chi connectivity index (χ1v) is 5.92. The van der Waals surface area contributed by atoms with Crippen molar-refractivity contribution in [2.24, 2.45) is 0 Å². The third-order valence-corrected chi connectivity index (χ3v) is 2.94. The molecule has 0 aliphatic rings. The number of carboxylic acids is 1. The van der Waals surface area contributed by atoms with E-state index in [0.717, 1.165) is 17.8 Å². The average Bonchev–Trinajstić information content (AvgIpc) is 2.63. The SMILES string of the molecule is CCCC(C)NCc1nc(C(=O)O)cs1.